The third kappa shape index (κ3) is 15.5. The molecule has 0 aromatic heterocycles. The van der Waals surface area contributed by atoms with E-state index in [0.717, 1.165) is 73.9 Å². The zero-order valence-corrected chi connectivity index (χ0v) is 31.5. The predicted octanol–water partition coefficient (Wildman–Crippen LogP) is 13.9. The Morgan fingerprint density at radius 1 is 0.511 bits per heavy atom. The average Bonchev–Trinajstić information content (AvgIpc) is 3.34. The molecule has 0 saturated heterocycles. The maximum atomic E-state index is 11.8. The molecule has 2 aromatic rings. The van der Waals surface area contributed by atoms with Gasteiger partial charge in [0.25, 0.3) is 0 Å². The van der Waals surface area contributed by atoms with E-state index in [1.165, 1.54) is 86.5 Å². The number of hydrogen-bond acceptors (Lipinski definition) is 0. The summed E-state index contributed by atoms with van der Waals surface area (Å²) in [6.45, 7) is 20.5. The molecule has 0 bridgehead atoms. The number of hydrogen-bond donors (Lipinski definition) is 0. The van der Waals surface area contributed by atoms with Crippen LogP contribution in [-0.2, 0) is 33.3 Å². The smallest absolute Gasteiger partial charge is 0.493 e. The number of unbranched alkanes of at least 4 members (excludes halogenated alkanes) is 8. The second kappa shape index (κ2) is 27.3. The average molecular weight is 705 g/mol. The Morgan fingerprint density at radius 2 is 0.889 bits per heavy atom. The normalized spacial score (nSPS) is 12.4. The second-order valence-corrected chi connectivity index (χ2v) is 12.2. The topological polar surface area (TPSA) is 25.3 Å². The molecule has 0 N–H and O–H groups in total. The van der Waals surface area contributed by atoms with Gasteiger partial charge >= 0.3 is 20.4 Å². The van der Waals surface area contributed by atoms with E-state index < -0.39 is 0 Å². The van der Waals surface area contributed by atoms with Crippen LogP contribution in [0.1, 0.15) is 167 Å². The minimum absolute atomic E-state index is 0. The van der Waals surface area contributed by atoms with Gasteiger partial charge in [0.2, 0.25) is 11.4 Å². The largest absolute Gasteiger partial charge is 2.00 e. The first-order valence-electron chi connectivity index (χ1n) is 18.2. The van der Waals surface area contributed by atoms with Crippen molar-refractivity contribution in [1.82, 2.24) is 0 Å². The zero-order chi connectivity index (χ0) is 32.6. The summed E-state index contributed by atoms with van der Waals surface area (Å²) < 4.78 is 1.55. The van der Waals surface area contributed by atoms with Gasteiger partial charge in [-0.05, 0) is 86.8 Å². The van der Waals surface area contributed by atoms with E-state index in [0.29, 0.717) is 0 Å². The molecule has 0 spiro atoms. The molecule has 0 unspecified atom stereocenters. The minimum Gasteiger partial charge on any atom is -0.493 e. The first kappa shape index (κ1) is 43.2. The number of aryl methyl sites for hydroxylation is 2. The van der Waals surface area contributed by atoms with E-state index in [1.54, 1.807) is 4.70 Å². The number of rotatable bonds is 18. The first-order chi connectivity index (χ1) is 21.5. The van der Waals surface area contributed by atoms with Gasteiger partial charge in [-0.2, -0.15) is 12.8 Å². The van der Waals surface area contributed by atoms with Crippen LogP contribution < -0.4 is 0 Å². The van der Waals surface area contributed by atoms with Gasteiger partial charge < -0.3 is 19.4 Å². The molecule has 0 amide bonds. The minimum atomic E-state index is 0. The molecule has 254 valence electrons. The fourth-order valence-corrected chi connectivity index (χ4v) is 5.38. The summed E-state index contributed by atoms with van der Waals surface area (Å²) in [6.07, 6.45) is 20.8. The van der Waals surface area contributed by atoms with E-state index in [4.69, 9.17) is 0 Å². The molecule has 2 nitrogen and oxygen atoms in total. The molecule has 3 rings (SSSR count). The van der Waals surface area contributed by atoms with E-state index in [-0.39, 0.29) is 20.4 Å². The summed E-state index contributed by atoms with van der Waals surface area (Å²) in [5.74, 6) is 0. The Bertz CT molecular complexity index is 1120. The number of allylic oxidation sites excluding steroid dienone is 2. The van der Waals surface area contributed by atoms with Crippen LogP contribution in [0.5, 0.6) is 0 Å². The zero-order valence-electron chi connectivity index (χ0n) is 30.0. The van der Waals surface area contributed by atoms with Crippen LogP contribution in [0.3, 0.4) is 0 Å². The van der Waals surface area contributed by atoms with Gasteiger partial charge in [0.05, 0.1) is 0 Å². The van der Waals surface area contributed by atoms with Crippen molar-refractivity contribution in [3.63, 3.8) is 0 Å². The number of nitrogens with zero attached hydrogens (tertiary/aromatic N) is 2. The van der Waals surface area contributed by atoms with Gasteiger partial charge in [0.1, 0.15) is 0 Å². The van der Waals surface area contributed by atoms with Gasteiger partial charge in [0.15, 0.2) is 0 Å². The van der Waals surface area contributed by atoms with Crippen molar-refractivity contribution >= 4 is 11.4 Å². The van der Waals surface area contributed by atoms with Crippen molar-refractivity contribution in [1.29, 1.82) is 0 Å². The molecule has 45 heavy (non-hydrogen) atoms. The van der Waals surface area contributed by atoms with Gasteiger partial charge in [-0.3, -0.25) is 0 Å². The predicted molar refractivity (Wildman–Crippen MR) is 196 cm³/mol. The van der Waals surface area contributed by atoms with Crippen LogP contribution in [0.25, 0.3) is 16.9 Å². The van der Waals surface area contributed by atoms with Crippen LogP contribution in [-0.4, -0.2) is 4.70 Å². The molecule has 0 radical (unpaired) electrons. The van der Waals surface area contributed by atoms with Crippen molar-refractivity contribution in [3.05, 3.63) is 101 Å². The van der Waals surface area contributed by atoms with E-state index in [1.807, 2.05) is 0 Å². The molecule has 0 aliphatic carbocycles. The molecule has 3 heteroatoms. The van der Waals surface area contributed by atoms with Crippen LogP contribution in [0.4, 0.5) is 0 Å². The summed E-state index contributed by atoms with van der Waals surface area (Å²) in [5.41, 5.74) is 21.6. The molecular weight excluding hydrogens is 639 g/mol. The van der Waals surface area contributed by atoms with E-state index in [2.05, 4.69) is 104 Å². The van der Waals surface area contributed by atoms with Crippen molar-refractivity contribution in [2.24, 2.45) is 0 Å². The van der Waals surface area contributed by atoms with Crippen LogP contribution >= 0.6 is 0 Å². The monoisotopic (exact) mass is 704 g/mol. The van der Waals surface area contributed by atoms with Gasteiger partial charge in [-0.1, -0.05) is 117 Å². The Balaban J connectivity index is 0.00000192. The standard InChI is InChI=1S/C34H48N2.2C4H9.Pd/c1-5-9-13-14-24-32-31(23-12-8-4)33(29-21-15-19-27(25-29)17-10-6-2)36(35)34(32)30-22-16-20-28(26-30)18-11-7-3;2*1-3-4-2;/h15-16,19-22,25-26H,5-14,17-18,23-24H2,1-4H3;2*1,3-4H2,2H3;/q;2*-1;+2. The quantitative estimate of drug-likeness (QED) is 0.0639. The molecule has 0 fully saturated rings. The maximum absolute atomic E-state index is 11.8. The van der Waals surface area contributed by atoms with Crippen molar-refractivity contribution in [2.45, 2.75) is 157 Å². The van der Waals surface area contributed by atoms with E-state index in [9.17, 15) is 5.53 Å². The second-order valence-electron chi connectivity index (χ2n) is 12.2. The summed E-state index contributed by atoms with van der Waals surface area (Å²) in [6, 6.07) is 17.8. The first-order valence-corrected chi connectivity index (χ1v) is 18.2. The third-order valence-electron chi connectivity index (χ3n) is 8.17. The van der Waals surface area contributed by atoms with Gasteiger partial charge in [-0.25, -0.2) is 4.70 Å². The van der Waals surface area contributed by atoms with E-state index >= 15 is 0 Å². The molecule has 1 aliphatic heterocycles. The Kier molecular flexibility index (Phi) is 26.2. The Morgan fingerprint density at radius 3 is 1.27 bits per heavy atom. The van der Waals surface area contributed by atoms with Crippen LogP contribution in [0.2, 0.25) is 0 Å². The van der Waals surface area contributed by atoms with Gasteiger partial charge in [0, 0.05) is 22.3 Å². The molecule has 0 atom stereocenters. The summed E-state index contributed by atoms with van der Waals surface area (Å²) >= 11 is 0. The van der Waals surface area contributed by atoms with Crippen LogP contribution in [0.15, 0.2) is 59.7 Å². The van der Waals surface area contributed by atoms with Crippen molar-refractivity contribution in [2.75, 3.05) is 0 Å². The fraction of sp³-hybridized carbons (Fsp3) is 0.571. The maximum Gasteiger partial charge on any atom is 2.00 e. The van der Waals surface area contributed by atoms with Gasteiger partial charge in [-0.15, -0.1) is 0 Å². The molecule has 2 aromatic carbocycles. The Labute approximate surface area is 293 Å². The molecule has 0 saturated carbocycles. The summed E-state index contributed by atoms with van der Waals surface area (Å²) in [5, 5.41) is 0. The summed E-state index contributed by atoms with van der Waals surface area (Å²) in [7, 11) is 0. The SMILES string of the molecule is CCCCCCC1=C(c2cccc(CCCC)c2)[N+](=[N-])C(c2cccc(CCCC)c2)=C1CCCC.[CH2-]CCC.[CH2-]CCC.[Pd+2]. The molecule has 1 heterocycles. The fourth-order valence-electron chi connectivity index (χ4n) is 5.38. The third-order valence-corrected chi connectivity index (χ3v) is 8.17. The van der Waals surface area contributed by atoms with Crippen LogP contribution in [0, 0.1) is 13.8 Å². The van der Waals surface area contributed by atoms with Crippen molar-refractivity contribution in [3.8, 4) is 0 Å². The van der Waals surface area contributed by atoms with Crippen molar-refractivity contribution < 1.29 is 25.1 Å². The Hall–Kier alpha value is -1.82. The molecule has 1 aliphatic rings. The number of benzene rings is 2. The summed E-state index contributed by atoms with van der Waals surface area (Å²) in [4.78, 5) is 0. The molecular formula is C42H66N2Pd.